The van der Waals surface area contributed by atoms with Crippen LogP contribution in [-0.2, 0) is 4.79 Å². The lowest BCUT2D eigenvalue weighted by atomic mass is 10.1. The number of amides is 2. The topological polar surface area (TPSA) is 58.2 Å². The first-order valence-electron chi connectivity index (χ1n) is 6.20. The highest BCUT2D eigenvalue weighted by Gasteiger charge is 2.23. The van der Waals surface area contributed by atoms with E-state index >= 15 is 0 Å². The van der Waals surface area contributed by atoms with Gasteiger partial charge in [0.05, 0.1) is 6.54 Å². The van der Waals surface area contributed by atoms with Gasteiger partial charge in [-0.15, -0.1) is 0 Å². The van der Waals surface area contributed by atoms with Gasteiger partial charge in [0.25, 0.3) is 5.91 Å². The summed E-state index contributed by atoms with van der Waals surface area (Å²) in [6.45, 7) is 3.94. The minimum atomic E-state index is -0.201. The summed E-state index contributed by atoms with van der Waals surface area (Å²) < 4.78 is 0. The van der Waals surface area contributed by atoms with Crippen molar-refractivity contribution in [2.45, 2.75) is 32.7 Å². The fourth-order valence-corrected chi connectivity index (χ4v) is 1.87. The van der Waals surface area contributed by atoms with Crippen LogP contribution in [0, 0.1) is 13.8 Å². The molecule has 0 atom stereocenters. The summed E-state index contributed by atoms with van der Waals surface area (Å²) in [6.07, 6.45) is 2.10. The summed E-state index contributed by atoms with van der Waals surface area (Å²) in [5.41, 5.74) is 2.69. The third-order valence-corrected chi connectivity index (χ3v) is 2.84. The Kier molecular flexibility index (Phi) is 3.65. The van der Waals surface area contributed by atoms with Crippen molar-refractivity contribution in [3.63, 3.8) is 0 Å². The van der Waals surface area contributed by atoms with E-state index < -0.39 is 0 Å². The van der Waals surface area contributed by atoms with E-state index in [2.05, 4.69) is 10.6 Å². The van der Waals surface area contributed by atoms with Crippen LogP contribution in [0.5, 0.6) is 0 Å². The van der Waals surface area contributed by atoms with Crippen molar-refractivity contribution in [3.05, 3.63) is 34.9 Å². The molecule has 4 nitrogen and oxygen atoms in total. The first-order chi connectivity index (χ1) is 8.54. The number of carbonyl (C=O) groups is 2. The Labute approximate surface area is 107 Å². The molecule has 0 spiro atoms. The van der Waals surface area contributed by atoms with Gasteiger partial charge in [-0.05, 0) is 38.8 Å². The summed E-state index contributed by atoms with van der Waals surface area (Å²) >= 11 is 0. The maximum atomic E-state index is 11.9. The van der Waals surface area contributed by atoms with Crippen molar-refractivity contribution in [2.24, 2.45) is 0 Å². The Hall–Kier alpha value is -1.84. The first-order valence-corrected chi connectivity index (χ1v) is 6.20. The summed E-state index contributed by atoms with van der Waals surface area (Å²) in [6, 6.07) is 5.98. The van der Waals surface area contributed by atoms with Crippen LogP contribution in [0.4, 0.5) is 0 Å². The van der Waals surface area contributed by atoms with Gasteiger partial charge in [0.2, 0.25) is 5.91 Å². The van der Waals surface area contributed by atoms with Crippen LogP contribution < -0.4 is 10.6 Å². The molecule has 0 saturated heterocycles. The molecule has 96 valence electrons. The predicted octanol–water partition coefficient (Wildman–Crippen LogP) is 1.31. The Bertz CT molecular complexity index is 458. The number of carbonyl (C=O) groups excluding carboxylic acids is 2. The van der Waals surface area contributed by atoms with Gasteiger partial charge in [-0.3, -0.25) is 9.59 Å². The third kappa shape index (κ3) is 3.58. The molecular weight excluding hydrogens is 228 g/mol. The summed E-state index contributed by atoms with van der Waals surface area (Å²) in [7, 11) is 0. The zero-order valence-electron chi connectivity index (χ0n) is 10.7. The molecule has 2 N–H and O–H groups in total. The minimum Gasteiger partial charge on any atom is -0.352 e. The fourth-order valence-electron chi connectivity index (χ4n) is 1.87. The molecule has 2 rings (SSSR count). The van der Waals surface area contributed by atoms with Crippen molar-refractivity contribution in [3.8, 4) is 0 Å². The Morgan fingerprint density at radius 3 is 2.33 bits per heavy atom. The minimum absolute atomic E-state index is 0.0440. The molecule has 0 heterocycles. The van der Waals surface area contributed by atoms with E-state index in [1.807, 2.05) is 32.0 Å². The number of aryl methyl sites for hydroxylation is 2. The van der Waals surface area contributed by atoms with Crippen molar-refractivity contribution in [1.82, 2.24) is 10.6 Å². The summed E-state index contributed by atoms with van der Waals surface area (Å²) in [5.74, 6) is -0.317. The molecule has 1 saturated carbocycles. The quantitative estimate of drug-likeness (QED) is 0.841. The molecule has 1 fully saturated rings. The van der Waals surface area contributed by atoms with Gasteiger partial charge in [0, 0.05) is 11.6 Å². The summed E-state index contributed by atoms with van der Waals surface area (Å²) in [4.78, 5) is 23.3. The Morgan fingerprint density at radius 1 is 1.17 bits per heavy atom. The highest BCUT2D eigenvalue weighted by molar-refractivity contribution is 5.96. The van der Waals surface area contributed by atoms with E-state index in [4.69, 9.17) is 0 Å². The molecule has 1 aromatic rings. The molecule has 1 aromatic carbocycles. The van der Waals surface area contributed by atoms with Crippen LogP contribution in [0.2, 0.25) is 0 Å². The van der Waals surface area contributed by atoms with E-state index in [0.29, 0.717) is 11.6 Å². The number of benzene rings is 1. The molecule has 0 bridgehead atoms. The largest absolute Gasteiger partial charge is 0.352 e. The zero-order chi connectivity index (χ0) is 13.1. The molecule has 4 heteroatoms. The SMILES string of the molecule is Cc1cc(C)cc(C(=O)NCC(=O)NC2CC2)c1. The van der Waals surface area contributed by atoms with Gasteiger partial charge in [0.15, 0.2) is 0 Å². The molecule has 0 aromatic heterocycles. The predicted molar refractivity (Wildman–Crippen MR) is 69.4 cm³/mol. The van der Waals surface area contributed by atoms with Crippen LogP contribution in [0.25, 0.3) is 0 Å². The van der Waals surface area contributed by atoms with Crippen LogP contribution in [-0.4, -0.2) is 24.4 Å². The highest BCUT2D eigenvalue weighted by Crippen LogP contribution is 2.18. The molecule has 0 aliphatic heterocycles. The van der Waals surface area contributed by atoms with Gasteiger partial charge >= 0.3 is 0 Å². The Balaban J connectivity index is 1.88. The van der Waals surface area contributed by atoms with E-state index in [9.17, 15) is 9.59 Å². The molecule has 0 unspecified atom stereocenters. The lowest BCUT2D eigenvalue weighted by Crippen LogP contribution is -2.37. The third-order valence-electron chi connectivity index (χ3n) is 2.84. The lowest BCUT2D eigenvalue weighted by molar-refractivity contribution is -0.120. The van der Waals surface area contributed by atoms with Gasteiger partial charge in [-0.25, -0.2) is 0 Å². The second kappa shape index (κ2) is 5.21. The van der Waals surface area contributed by atoms with Crippen LogP contribution in [0.3, 0.4) is 0 Å². The molecule has 18 heavy (non-hydrogen) atoms. The standard InChI is InChI=1S/C14H18N2O2/c1-9-5-10(2)7-11(6-9)14(18)15-8-13(17)16-12-3-4-12/h5-7,12H,3-4,8H2,1-2H3,(H,15,18)(H,16,17). The average Bonchev–Trinajstić information content (AvgIpc) is 3.08. The molecule has 0 radical (unpaired) electrons. The highest BCUT2D eigenvalue weighted by atomic mass is 16.2. The first kappa shape index (κ1) is 12.6. The van der Waals surface area contributed by atoms with Crippen LogP contribution in [0.1, 0.15) is 34.3 Å². The number of rotatable bonds is 4. The average molecular weight is 246 g/mol. The molecule has 2 amide bonds. The van der Waals surface area contributed by atoms with Crippen LogP contribution >= 0.6 is 0 Å². The number of nitrogens with one attached hydrogen (secondary N) is 2. The molecule has 1 aliphatic carbocycles. The lowest BCUT2D eigenvalue weighted by Gasteiger charge is -2.07. The maximum absolute atomic E-state index is 11.9. The van der Waals surface area contributed by atoms with E-state index in [-0.39, 0.29) is 18.4 Å². The van der Waals surface area contributed by atoms with Crippen molar-refractivity contribution in [2.75, 3.05) is 6.54 Å². The van der Waals surface area contributed by atoms with E-state index in [1.165, 1.54) is 0 Å². The monoisotopic (exact) mass is 246 g/mol. The maximum Gasteiger partial charge on any atom is 0.251 e. The number of hydrogen-bond acceptors (Lipinski definition) is 2. The van der Waals surface area contributed by atoms with E-state index in [1.54, 1.807) is 0 Å². The number of hydrogen-bond donors (Lipinski definition) is 2. The molecular formula is C14H18N2O2. The van der Waals surface area contributed by atoms with Crippen molar-refractivity contribution >= 4 is 11.8 Å². The smallest absolute Gasteiger partial charge is 0.251 e. The summed E-state index contributed by atoms with van der Waals surface area (Å²) in [5, 5.41) is 5.47. The fraction of sp³-hybridized carbons (Fsp3) is 0.429. The van der Waals surface area contributed by atoms with Crippen LogP contribution in [0.15, 0.2) is 18.2 Å². The van der Waals surface area contributed by atoms with E-state index in [0.717, 1.165) is 24.0 Å². The van der Waals surface area contributed by atoms with Gasteiger partial charge in [-0.2, -0.15) is 0 Å². The normalized spacial score (nSPS) is 14.1. The second-order valence-electron chi connectivity index (χ2n) is 4.90. The Morgan fingerprint density at radius 2 is 1.78 bits per heavy atom. The molecule has 1 aliphatic rings. The van der Waals surface area contributed by atoms with Gasteiger partial charge < -0.3 is 10.6 Å². The van der Waals surface area contributed by atoms with Crippen molar-refractivity contribution in [1.29, 1.82) is 0 Å². The van der Waals surface area contributed by atoms with Gasteiger partial charge in [0.1, 0.15) is 0 Å². The second-order valence-corrected chi connectivity index (χ2v) is 4.90. The zero-order valence-corrected chi connectivity index (χ0v) is 10.7. The van der Waals surface area contributed by atoms with Gasteiger partial charge in [-0.1, -0.05) is 17.2 Å². The van der Waals surface area contributed by atoms with Crippen molar-refractivity contribution < 1.29 is 9.59 Å².